The number of rotatable bonds is 5. The average molecular weight is 372 g/mol. The van der Waals surface area contributed by atoms with Gasteiger partial charge in [-0.3, -0.25) is 10.2 Å². The molecule has 1 amide bonds. The zero-order valence-corrected chi connectivity index (χ0v) is 14.9. The number of hydrogen-bond acceptors (Lipinski definition) is 6. The Labute approximate surface area is 150 Å². The van der Waals surface area contributed by atoms with E-state index in [1.54, 1.807) is 24.3 Å². The van der Waals surface area contributed by atoms with Crippen molar-refractivity contribution in [3.05, 3.63) is 65.5 Å². The predicted molar refractivity (Wildman–Crippen MR) is 92.9 cm³/mol. The highest BCUT2D eigenvalue weighted by Crippen LogP contribution is 2.14. The number of aryl methyl sites for hydroxylation is 2. The number of carbonyl (C=O) groups is 1. The van der Waals surface area contributed by atoms with Crippen LogP contribution in [0.25, 0.3) is 5.69 Å². The third-order valence-corrected chi connectivity index (χ3v) is 5.08. The molecule has 3 rings (SSSR count). The Hall–Kier alpha value is -3.11. The van der Waals surface area contributed by atoms with Crippen molar-refractivity contribution < 1.29 is 13.2 Å². The van der Waals surface area contributed by atoms with Gasteiger partial charge in [-0.15, -0.1) is 9.93 Å². The minimum absolute atomic E-state index is 0.0786. The molecule has 0 atom stereocenters. The third-order valence-electron chi connectivity index (χ3n) is 3.83. The normalized spacial score (nSPS) is 11.3. The average Bonchev–Trinajstić information content (AvgIpc) is 3.17. The monoisotopic (exact) mass is 372 g/mol. The molecular formula is C16H16N6O3S. The molecule has 1 aromatic heterocycles. The maximum absolute atomic E-state index is 12.3. The van der Waals surface area contributed by atoms with Gasteiger partial charge in [0.2, 0.25) is 0 Å². The zero-order chi connectivity index (χ0) is 18.7. The smallest absolute Gasteiger partial charge is 0.266 e. The number of carbonyl (C=O) groups excluding carboxylic acids is 1. The van der Waals surface area contributed by atoms with Crippen LogP contribution in [0.1, 0.15) is 21.5 Å². The van der Waals surface area contributed by atoms with Crippen LogP contribution in [0.15, 0.2) is 53.7 Å². The van der Waals surface area contributed by atoms with Crippen LogP contribution in [0.3, 0.4) is 0 Å². The van der Waals surface area contributed by atoms with E-state index < -0.39 is 15.9 Å². The van der Waals surface area contributed by atoms with Gasteiger partial charge in [-0.25, -0.2) is 13.1 Å². The van der Waals surface area contributed by atoms with Crippen LogP contribution in [0, 0.1) is 13.8 Å². The molecule has 0 saturated carbocycles. The molecule has 9 nitrogen and oxygen atoms in total. The van der Waals surface area contributed by atoms with E-state index in [1.807, 2.05) is 13.8 Å². The van der Waals surface area contributed by atoms with Crippen molar-refractivity contribution in [1.29, 1.82) is 0 Å². The number of nitrogens with zero attached hydrogens (tertiary/aromatic N) is 4. The summed E-state index contributed by atoms with van der Waals surface area (Å²) < 4.78 is 26.0. The fraction of sp³-hybridized carbons (Fsp3) is 0.125. The quantitative estimate of drug-likeness (QED) is 0.643. The topological polar surface area (TPSA) is 119 Å². The van der Waals surface area contributed by atoms with Crippen molar-refractivity contribution in [3.63, 3.8) is 0 Å². The Kier molecular flexibility index (Phi) is 4.78. The van der Waals surface area contributed by atoms with Crippen LogP contribution < -0.4 is 10.3 Å². The van der Waals surface area contributed by atoms with Gasteiger partial charge >= 0.3 is 0 Å². The molecular weight excluding hydrogens is 356 g/mol. The summed E-state index contributed by atoms with van der Waals surface area (Å²) in [5, 5.41) is 10.8. The van der Waals surface area contributed by atoms with Crippen LogP contribution in [0.4, 0.5) is 0 Å². The second kappa shape index (κ2) is 7.02. The van der Waals surface area contributed by atoms with Crippen molar-refractivity contribution in [3.8, 4) is 5.69 Å². The SMILES string of the molecule is Cc1ccc(S(=O)(=O)NNC(=O)c2ccc(-n3cnnn3)cc2)cc1C. The Balaban J connectivity index is 1.69. The highest BCUT2D eigenvalue weighted by molar-refractivity contribution is 7.89. The molecule has 134 valence electrons. The summed E-state index contributed by atoms with van der Waals surface area (Å²) in [6.07, 6.45) is 1.42. The fourth-order valence-corrected chi connectivity index (χ4v) is 3.09. The van der Waals surface area contributed by atoms with Crippen molar-refractivity contribution in [2.24, 2.45) is 0 Å². The van der Waals surface area contributed by atoms with Gasteiger partial charge in [0.15, 0.2) is 0 Å². The van der Waals surface area contributed by atoms with Gasteiger partial charge in [-0.05, 0) is 71.8 Å². The standard InChI is InChI=1S/C16H16N6O3S/c1-11-3-8-15(9-12(11)2)26(24,25)21-18-16(23)13-4-6-14(7-5-13)22-10-17-19-20-22/h3-10,21H,1-2H3,(H,18,23). The second-order valence-corrected chi connectivity index (χ2v) is 7.29. The summed E-state index contributed by atoms with van der Waals surface area (Å²) >= 11 is 0. The molecule has 0 saturated heterocycles. The molecule has 0 aliphatic heterocycles. The highest BCUT2D eigenvalue weighted by atomic mass is 32.2. The Morgan fingerprint density at radius 3 is 2.38 bits per heavy atom. The summed E-state index contributed by atoms with van der Waals surface area (Å²) in [5.41, 5.74) is 4.98. The first kappa shape index (κ1) is 17.7. The van der Waals surface area contributed by atoms with Gasteiger partial charge in [-0.2, -0.15) is 0 Å². The predicted octanol–water partition coefficient (Wildman–Crippen LogP) is 0.902. The van der Waals surface area contributed by atoms with Gasteiger partial charge < -0.3 is 0 Å². The number of aromatic nitrogens is 4. The van der Waals surface area contributed by atoms with Crippen molar-refractivity contribution in [1.82, 2.24) is 30.5 Å². The van der Waals surface area contributed by atoms with E-state index in [0.29, 0.717) is 5.69 Å². The highest BCUT2D eigenvalue weighted by Gasteiger charge is 2.16. The lowest BCUT2D eigenvalue weighted by Gasteiger charge is -2.10. The summed E-state index contributed by atoms with van der Waals surface area (Å²) in [6.45, 7) is 3.71. The lowest BCUT2D eigenvalue weighted by molar-refractivity contribution is 0.0945. The number of tetrazole rings is 1. The maximum Gasteiger partial charge on any atom is 0.266 e. The van der Waals surface area contributed by atoms with Crippen LogP contribution in [0.2, 0.25) is 0 Å². The van der Waals surface area contributed by atoms with Crippen LogP contribution in [0.5, 0.6) is 0 Å². The van der Waals surface area contributed by atoms with E-state index in [0.717, 1.165) is 11.1 Å². The number of hydrogen-bond donors (Lipinski definition) is 2. The number of hydrazine groups is 1. The minimum atomic E-state index is -3.86. The van der Waals surface area contributed by atoms with Crippen molar-refractivity contribution >= 4 is 15.9 Å². The Morgan fingerprint density at radius 2 is 1.77 bits per heavy atom. The molecule has 2 N–H and O–H groups in total. The molecule has 26 heavy (non-hydrogen) atoms. The van der Waals surface area contributed by atoms with E-state index in [9.17, 15) is 13.2 Å². The molecule has 0 bridgehead atoms. The summed E-state index contributed by atoms with van der Waals surface area (Å²) in [7, 11) is -3.86. The molecule has 2 aromatic carbocycles. The van der Waals surface area contributed by atoms with Gasteiger partial charge in [-0.1, -0.05) is 6.07 Å². The number of benzene rings is 2. The van der Waals surface area contributed by atoms with Gasteiger partial charge in [0, 0.05) is 5.56 Å². The zero-order valence-electron chi connectivity index (χ0n) is 14.0. The number of sulfonamides is 1. The van der Waals surface area contributed by atoms with Crippen LogP contribution >= 0.6 is 0 Å². The first-order valence-electron chi connectivity index (χ1n) is 7.60. The summed E-state index contributed by atoms with van der Waals surface area (Å²) in [5.74, 6) is -0.583. The second-order valence-electron chi connectivity index (χ2n) is 5.61. The van der Waals surface area contributed by atoms with E-state index in [2.05, 4.69) is 25.8 Å². The van der Waals surface area contributed by atoms with Crippen LogP contribution in [-0.4, -0.2) is 34.5 Å². The number of amides is 1. The Bertz CT molecular complexity index is 1030. The Morgan fingerprint density at radius 1 is 1.04 bits per heavy atom. The van der Waals surface area contributed by atoms with Gasteiger partial charge in [0.1, 0.15) is 6.33 Å². The molecule has 0 spiro atoms. The molecule has 3 aromatic rings. The van der Waals surface area contributed by atoms with E-state index in [-0.39, 0.29) is 10.5 Å². The first-order chi connectivity index (χ1) is 12.4. The molecule has 1 heterocycles. The molecule has 0 fully saturated rings. The van der Waals surface area contributed by atoms with Crippen molar-refractivity contribution in [2.75, 3.05) is 0 Å². The molecule has 10 heteroatoms. The maximum atomic E-state index is 12.3. The lowest BCUT2D eigenvalue weighted by atomic mass is 10.1. The molecule has 0 radical (unpaired) electrons. The van der Waals surface area contributed by atoms with E-state index in [1.165, 1.54) is 29.2 Å². The van der Waals surface area contributed by atoms with Crippen LogP contribution in [-0.2, 0) is 10.0 Å². The van der Waals surface area contributed by atoms with Crippen molar-refractivity contribution in [2.45, 2.75) is 18.7 Å². The number of nitrogens with one attached hydrogen (secondary N) is 2. The lowest BCUT2D eigenvalue weighted by Crippen LogP contribution is -2.41. The first-order valence-corrected chi connectivity index (χ1v) is 9.08. The van der Waals surface area contributed by atoms with Gasteiger partial charge in [0.25, 0.3) is 15.9 Å². The third kappa shape index (κ3) is 3.76. The minimum Gasteiger partial charge on any atom is -0.273 e. The fourth-order valence-electron chi connectivity index (χ4n) is 2.17. The summed E-state index contributed by atoms with van der Waals surface area (Å²) in [4.78, 5) is 14.3. The molecule has 0 aliphatic rings. The molecule has 0 aliphatic carbocycles. The molecule has 0 unspecified atom stereocenters. The van der Waals surface area contributed by atoms with Gasteiger partial charge in [0.05, 0.1) is 10.6 Å². The van der Waals surface area contributed by atoms with E-state index >= 15 is 0 Å². The van der Waals surface area contributed by atoms with E-state index in [4.69, 9.17) is 0 Å². The summed E-state index contributed by atoms with van der Waals surface area (Å²) in [6, 6.07) is 11.1. The largest absolute Gasteiger partial charge is 0.273 e.